The van der Waals surface area contributed by atoms with E-state index in [4.69, 9.17) is 4.74 Å². The molecule has 0 saturated carbocycles. The van der Waals surface area contributed by atoms with Crippen molar-refractivity contribution < 1.29 is 19.7 Å². The molecular formula is C17H18O4. The number of carbonyl (C=O) groups excluding carboxylic acids is 1. The molecule has 0 aliphatic heterocycles. The largest absolute Gasteiger partial charge is 0.508 e. The number of ether oxygens (including phenoxy) is 1. The quantitative estimate of drug-likeness (QED) is 0.829. The van der Waals surface area contributed by atoms with E-state index in [9.17, 15) is 15.0 Å². The Labute approximate surface area is 123 Å². The average molecular weight is 286 g/mol. The van der Waals surface area contributed by atoms with E-state index in [1.54, 1.807) is 6.07 Å². The second-order valence-electron chi connectivity index (χ2n) is 4.74. The maximum atomic E-state index is 11.6. The van der Waals surface area contributed by atoms with Crippen molar-refractivity contribution in [2.45, 2.75) is 12.3 Å². The number of esters is 1. The predicted octanol–water partition coefficient (Wildman–Crippen LogP) is 2.69. The molecule has 0 radical (unpaired) electrons. The van der Waals surface area contributed by atoms with E-state index in [1.807, 2.05) is 30.3 Å². The minimum atomic E-state index is -0.452. The lowest BCUT2D eigenvalue weighted by molar-refractivity contribution is 0.0600. The number of hydrogen-bond acceptors (Lipinski definition) is 4. The van der Waals surface area contributed by atoms with Crippen LogP contribution in [0.1, 0.15) is 33.8 Å². The van der Waals surface area contributed by atoms with Crippen molar-refractivity contribution >= 4 is 5.97 Å². The Hall–Kier alpha value is -2.33. The molecule has 0 amide bonds. The lowest BCUT2D eigenvalue weighted by Gasteiger charge is -2.19. The van der Waals surface area contributed by atoms with Gasteiger partial charge in [0.05, 0.1) is 12.7 Å². The van der Waals surface area contributed by atoms with E-state index in [1.165, 1.54) is 19.2 Å². The first-order chi connectivity index (χ1) is 10.2. The van der Waals surface area contributed by atoms with Crippen molar-refractivity contribution in [2.75, 3.05) is 13.7 Å². The number of methoxy groups -OCH3 is 1. The summed E-state index contributed by atoms with van der Waals surface area (Å²) in [5, 5.41) is 19.4. The Balaban J connectivity index is 2.47. The van der Waals surface area contributed by atoms with E-state index < -0.39 is 5.97 Å². The van der Waals surface area contributed by atoms with E-state index in [0.717, 1.165) is 5.56 Å². The molecule has 4 nitrogen and oxygen atoms in total. The highest BCUT2D eigenvalue weighted by atomic mass is 16.5. The summed E-state index contributed by atoms with van der Waals surface area (Å²) in [7, 11) is 1.32. The molecule has 0 aromatic heterocycles. The summed E-state index contributed by atoms with van der Waals surface area (Å²) in [6, 6.07) is 14.2. The molecule has 21 heavy (non-hydrogen) atoms. The van der Waals surface area contributed by atoms with Crippen LogP contribution in [0.5, 0.6) is 5.75 Å². The molecule has 0 bridgehead atoms. The molecule has 0 aliphatic carbocycles. The van der Waals surface area contributed by atoms with E-state index >= 15 is 0 Å². The monoisotopic (exact) mass is 286 g/mol. The molecule has 2 aromatic carbocycles. The zero-order valence-corrected chi connectivity index (χ0v) is 11.8. The highest BCUT2D eigenvalue weighted by Crippen LogP contribution is 2.34. The molecule has 0 fully saturated rings. The van der Waals surface area contributed by atoms with Crippen molar-refractivity contribution in [3.8, 4) is 5.75 Å². The van der Waals surface area contributed by atoms with Crippen LogP contribution in [0, 0.1) is 0 Å². The Morgan fingerprint density at radius 3 is 2.52 bits per heavy atom. The highest BCUT2D eigenvalue weighted by Gasteiger charge is 2.19. The van der Waals surface area contributed by atoms with Crippen molar-refractivity contribution in [3.63, 3.8) is 0 Å². The Morgan fingerprint density at radius 2 is 1.90 bits per heavy atom. The Bertz CT molecular complexity index is 607. The van der Waals surface area contributed by atoms with Crippen LogP contribution in [-0.4, -0.2) is 29.9 Å². The molecule has 2 aromatic rings. The first-order valence-corrected chi connectivity index (χ1v) is 6.74. The van der Waals surface area contributed by atoms with Gasteiger partial charge in [-0.1, -0.05) is 30.3 Å². The molecule has 4 heteroatoms. The fourth-order valence-electron chi connectivity index (χ4n) is 2.39. The smallest absolute Gasteiger partial charge is 0.337 e. The number of aliphatic hydroxyl groups is 1. The van der Waals surface area contributed by atoms with Crippen molar-refractivity contribution in [2.24, 2.45) is 0 Å². The molecule has 0 unspecified atom stereocenters. The van der Waals surface area contributed by atoms with Crippen LogP contribution in [0.3, 0.4) is 0 Å². The van der Waals surface area contributed by atoms with E-state index in [0.29, 0.717) is 17.5 Å². The van der Waals surface area contributed by atoms with Gasteiger partial charge in [0, 0.05) is 18.1 Å². The van der Waals surface area contributed by atoms with Gasteiger partial charge in [-0.25, -0.2) is 4.79 Å². The van der Waals surface area contributed by atoms with Crippen LogP contribution >= 0.6 is 0 Å². The third-order valence-electron chi connectivity index (χ3n) is 3.44. The van der Waals surface area contributed by atoms with Gasteiger partial charge in [-0.3, -0.25) is 0 Å². The van der Waals surface area contributed by atoms with Crippen molar-refractivity contribution in [1.82, 2.24) is 0 Å². The average Bonchev–Trinajstić information content (AvgIpc) is 2.53. The van der Waals surface area contributed by atoms with Crippen LogP contribution in [0.4, 0.5) is 0 Å². The maximum Gasteiger partial charge on any atom is 0.337 e. The molecule has 2 N–H and O–H groups in total. The van der Waals surface area contributed by atoms with Crippen LogP contribution in [0.15, 0.2) is 48.5 Å². The molecule has 2 rings (SSSR count). The SMILES string of the molecule is COC(=O)c1ccc(O)c([C@@H](CCO)c2ccccc2)c1. The first-order valence-electron chi connectivity index (χ1n) is 6.74. The number of aliphatic hydroxyl groups excluding tert-OH is 1. The minimum Gasteiger partial charge on any atom is -0.508 e. The van der Waals surface area contributed by atoms with Gasteiger partial charge < -0.3 is 14.9 Å². The lowest BCUT2D eigenvalue weighted by Crippen LogP contribution is -2.07. The molecule has 0 heterocycles. The van der Waals surface area contributed by atoms with Gasteiger partial charge in [-0.2, -0.15) is 0 Å². The highest BCUT2D eigenvalue weighted by molar-refractivity contribution is 5.89. The number of phenols is 1. The second-order valence-corrected chi connectivity index (χ2v) is 4.74. The van der Waals surface area contributed by atoms with Gasteiger partial charge in [0.1, 0.15) is 5.75 Å². The predicted molar refractivity (Wildman–Crippen MR) is 79.4 cm³/mol. The summed E-state index contributed by atoms with van der Waals surface area (Å²) >= 11 is 0. The summed E-state index contributed by atoms with van der Waals surface area (Å²) < 4.78 is 4.71. The lowest BCUT2D eigenvalue weighted by atomic mass is 9.87. The number of aromatic hydroxyl groups is 1. The fraction of sp³-hybridized carbons (Fsp3) is 0.235. The molecule has 0 spiro atoms. The standard InChI is InChI=1S/C17H18O4/c1-21-17(20)13-7-8-16(19)15(11-13)14(9-10-18)12-5-3-2-4-6-12/h2-8,11,14,18-19H,9-10H2,1H3/t14-/m0/s1. The topological polar surface area (TPSA) is 66.8 Å². The maximum absolute atomic E-state index is 11.6. The van der Waals surface area contributed by atoms with Gasteiger partial charge in [0.2, 0.25) is 0 Å². The zero-order chi connectivity index (χ0) is 15.2. The second kappa shape index (κ2) is 6.90. The van der Waals surface area contributed by atoms with Crippen LogP contribution in [0.25, 0.3) is 0 Å². The number of benzene rings is 2. The molecule has 110 valence electrons. The summed E-state index contributed by atoms with van der Waals surface area (Å²) in [6.07, 6.45) is 0.461. The summed E-state index contributed by atoms with van der Waals surface area (Å²) in [5.41, 5.74) is 1.96. The molecule has 0 aliphatic rings. The van der Waals surface area contributed by atoms with E-state index in [2.05, 4.69) is 0 Å². The number of hydrogen-bond donors (Lipinski definition) is 2. The summed E-state index contributed by atoms with van der Waals surface area (Å²) in [5.74, 6) is -0.530. The third-order valence-corrected chi connectivity index (χ3v) is 3.44. The van der Waals surface area contributed by atoms with Crippen LogP contribution in [0.2, 0.25) is 0 Å². The van der Waals surface area contributed by atoms with Gasteiger partial charge >= 0.3 is 5.97 Å². The summed E-state index contributed by atoms with van der Waals surface area (Å²) in [6.45, 7) is -0.0124. The normalized spacial score (nSPS) is 11.9. The zero-order valence-electron chi connectivity index (χ0n) is 11.8. The number of rotatable bonds is 5. The van der Waals surface area contributed by atoms with Gasteiger partial charge in [-0.05, 0) is 30.2 Å². The molecular weight excluding hydrogens is 268 g/mol. The van der Waals surface area contributed by atoms with Crippen molar-refractivity contribution in [1.29, 1.82) is 0 Å². The number of phenolic OH excluding ortho intramolecular Hbond substituents is 1. The van der Waals surface area contributed by atoms with Gasteiger partial charge in [0.25, 0.3) is 0 Å². The van der Waals surface area contributed by atoms with Gasteiger partial charge in [0.15, 0.2) is 0 Å². The molecule has 0 saturated heterocycles. The van der Waals surface area contributed by atoms with Crippen LogP contribution in [-0.2, 0) is 4.74 Å². The van der Waals surface area contributed by atoms with Crippen molar-refractivity contribution in [3.05, 3.63) is 65.2 Å². The Kier molecular flexibility index (Phi) is 4.95. The Morgan fingerprint density at radius 1 is 1.19 bits per heavy atom. The third kappa shape index (κ3) is 3.41. The minimum absolute atomic E-state index is 0.0124. The first kappa shape index (κ1) is 15.1. The van der Waals surface area contributed by atoms with Crippen LogP contribution < -0.4 is 0 Å². The van der Waals surface area contributed by atoms with Gasteiger partial charge in [-0.15, -0.1) is 0 Å². The fourth-order valence-corrected chi connectivity index (χ4v) is 2.39. The van der Waals surface area contributed by atoms with E-state index in [-0.39, 0.29) is 18.3 Å². The molecule has 1 atom stereocenters. The summed E-state index contributed by atoms with van der Waals surface area (Å²) in [4.78, 5) is 11.6. The number of carbonyl (C=O) groups is 1.